The van der Waals surface area contributed by atoms with E-state index in [0.717, 1.165) is 5.57 Å². The molecule has 0 aliphatic heterocycles. The number of carbonyl (C=O) groups is 1. The Labute approximate surface area is 90.4 Å². The van der Waals surface area contributed by atoms with Gasteiger partial charge in [-0.25, -0.2) is 14.6 Å². The SMILES string of the molecule is C=C(C)COOC(C)COC(=O)C(=C)C. The van der Waals surface area contributed by atoms with Crippen molar-refractivity contribution >= 4 is 5.97 Å². The van der Waals surface area contributed by atoms with Crippen LogP contribution in [-0.4, -0.2) is 25.3 Å². The number of ether oxygens (including phenoxy) is 1. The van der Waals surface area contributed by atoms with E-state index < -0.39 is 5.97 Å². The van der Waals surface area contributed by atoms with E-state index in [1.54, 1.807) is 13.8 Å². The van der Waals surface area contributed by atoms with Crippen LogP contribution in [0.5, 0.6) is 0 Å². The highest BCUT2D eigenvalue weighted by Gasteiger charge is 2.08. The summed E-state index contributed by atoms with van der Waals surface area (Å²) in [6.45, 7) is 12.7. The first-order valence-electron chi connectivity index (χ1n) is 4.68. The van der Waals surface area contributed by atoms with Crippen molar-refractivity contribution in [1.82, 2.24) is 0 Å². The average molecular weight is 214 g/mol. The van der Waals surface area contributed by atoms with Gasteiger partial charge in [-0.15, -0.1) is 0 Å². The Morgan fingerprint density at radius 2 is 1.93 bits per heavy atom. The third-order valence-corrected chi connectivity index (χ3v) is 1.34. The Morgan fingerprint density at radius 3 is 2.40 bits per heavy atom. The van der Waals surface area contributed by atoms with Crippen molar-refractivity contribution in [3.63, 3.8) is 0 Å². The standard InChI is InChI=1S/C11H18O4/c1-8(2)6-14-15-10(5)7-13-11(12)9(3)4/h10H,1,3,6-7H2,2,4-5H3. The van der Waals surface area contributed by atoms with Crippen LogP contribution in [-0.2, 0) is 19.3 Å². The molecule has 0 saturated heterocycles. The summed E-state index contributed by atoms with van der Waals surface area (Å²) in [5, 5.41) is 0. The normalized spacial score (nSPS) is 11.9. The van der Waals surface area contributed by atoms with Crippen molar-refractivity contribution in [3.8, 4) is 0 Å². The molecule has 86 valence electrons. The molecule has 0 bridgehead atoms. The largest absolute Gasteiger partial charge is 0.459 e. The molecular weight excluding hydrogens is 196 g/mol. The Bertz CT molecular complexity index is 245. The molecule has 0 aromatic heterocycles. The first kappa shape index (κ1) is 13.9. The summed E-state index contributed by atoms with van der Waals surface area (Å²) in [6.07, 6.45) is -0.312. The quantitative estimate of drug-likeness (QED) is 0.214. The fourth-order valence-corrected chi connectivity index (χ4v) is 0.595. The highest BCUT2D eigenvalue weighted by Crippen LogP contribution is 1.99. The van der Waals surface area contributed by atoms with Gasteiger partial charge in [-0.05, 0) is 20.8 Å². The molecule has 0 heterocycles. The minimum Gasteiger partial charge on any atom is -0.459 e. The van der Waals surface area contributed by atoms with Gasteiger partial charge in [-0.1, -0.05) is 18.7 Å². The summed E-state index contributed by atoms with van der Waals surface area (Å²) in [4.78, 5) is 20.7. The van der Waals surface area contributed by atoms with Crippen LogP contribution in [0, 0.1) is 0 Å². The number of rotatable bonds is 7. The summed E-state index contributed by atoms with van der Waals surface area (Å²) in [6, 6.07) is 0. The van der Waals surface area contributed by atoms with Crippen LogP contribution in [0.2, 0.25) is 0 Å². The van der Waals surface area contributed by atoms with Crippen molar-refractivity contribution in [1.29, 1.82) is 0 Å². The molecule has 0 aromatic rings. The van der Waals surface area contributed by atoms with Gasteiger partial charge in [0.2, 0.25) is 0 Å². The molecule has 0 radical (unpaired) electrons. The monoisotopic (exact) mass is 214 g/mol. The van der Waals surface area contributed by atoms with E-state index in [1.165, 1.54) is 0 Å². The van der Waals surface area contributed by atoms with Crippen LogP contribution in [0.1, 0.15) is 20.8 Å². The van der Waals surface area contributed by atoms with Gasteiger partial charge in [0.15, 0.2) is 0 Å². The van der Waals surface area contributed by atoms with Gasteiger partial charge in [-0.2, -0.15) is 0 Å². The van der Waals surface area contributed by atoms with E-state index in [2.05, 4.69) is 13.2 Å². The summed E-state index contributed by atoms with van der Waals surface area (Å²) >= 11 is 0. The van der Waals surface area contributed by atoms with Crippen molar-refractivity contribution in [3.05, 3.63) is 24.3 Å². The van der Waals surface area contributed by atoms with E-state index in [0.29, 0.717) is 12.2 Å². The van der Waals surface area contributed by atoms with E-state index in [1.807, 2.05) is 6.92 Å². The fourth-order valence-electron chi connectivity index (χ4n) is 0.595. The van der Waals surface area contributed by atoms with Crippen molar-refractivity contribution < 1.29 is 19.3 Å². The number of carbonyl (C=O) groups excluding carboxylic acids is 1. The molecule has 0 aliphatic rings. The predicted octanol–water partition coefficient (Wildman–Crippen LogP) is 2.02. The third kappa shape index (κ3) is 7.90. The maximum atomic E-state index is 11.0. The van der Waals surface area contributed by atoms with Crippen LogP contribution >= 0.6 is 0 Å². The molecule has 0 aromatic carbocycles. The first-order valence-corrected chi connectivity index (χ1v) is 4.68. The summed E-state index contributed by atoms with van der Waals surface area (Å²) in [7, 11) is 0. The third-order valence-electron chi connectivity index (χ3n) is 1.34. The molecule has 0 spiro atoms. The van der Waals surface area contributed by atoms with Crippen LogP contribution in [0.25, 0.3) is 0 Å². The Kier molecular flexibility index (Phi) is 6.66. The molecule has 0 amide bonds. The maximum absolute atomic E-state index is 11.0. The Morgan fingerprint density at radius 1 is 1.33 bits per heavy atom. The topological polar surface area (TPSA) is 44.8 Å². The molecule has 15 heavy (non-hydrogen) atoms. The first-order chi connectivity index (χ1) is 6.93. The van der Waals surface area contributed by atoms with Crippen LogP contribution in [0.15, 0.2) is 24.3 Å². The van der Waals surface area contributed by atoms with Gasteiger partial charge in [0, 0.05) is 5.57 Å². The smallest absolute Gasteiger partial charge is 0.333 e. The van der Waals surface area contributed by atoms with Crippen LogP contribution in [0.3, 0.4) is 0 Å². The summed E-state index contributed by atoms with van der Waals surface area (Å²) in [5.41, 5.74) is 1.23. The van der Waals surface area contributed by atoms with E-state index in [9.17, 15) is 4.79 Å². The van der Waals surface area contributed by atoms with Crippen LogP contribution < -0.4 is 0 Å². The number of hydrogen-bond donors (Lipinski definition) is 0. The number of hydrogen-bond acceptors (Lipinski definition) is 4. The minimum atomic E-state index is -0.426. The highest BCUT2D eigenvalue weighted by atomic mass is 17.2. The second kappa shape index (κ2) is 7.20. The molecular formula is C11H18O4. The average Bonchev–Trinajstić information content (AvgIpc) is 2.13. The summed E-state index contributed by atoms with van der Waals surface area (Å²) in [5.74, 6) is -0.426. The fraction of sp³-hybridized carbons (Fsp3) is 0.545. The minimum absolute atomic E-state index is 0.141. The van der Waals surface area contributed by atoms with Crippen LogP contribution in [0.4, 0.5) is 0 Å². The molecule has 0 fully saturated rings. The molecule has 0 aliphatic carbocycles. The molecule has 0 N–H and O–H groups in total. The Hall–Kier alpha value is -1.13. The molecule has 4 heteroatoms. The van der Waals surface area contributed by atoms with Crippen molar-refractivity contribution in [2.45, 2.75) is 26.9 Å². The van der Waals surface area contributed by atoms with Gasteiger partial charge >= 0.3 is 5.97 Å². The maximum Gasteiger partial charge on any atom is 0.333 e. The zero-order chi connectivity index (χ0) is 11.8. The number of esters is 1. The lowest BCUT2D eigenvalue weighted by molar-refractivity contribution is -0.319. The molecule has 4 nitrogen and oxygen atoms in total. The zero-order valence-corrected chi connectivity index (χ0v) is 9.54. The lowest BCUT2D eigenvalue weighted by Gasteiger charge is -2.12. The predicted molar refractivity (Wildman–Crippen MR) is 57.1 cm³/mol. The molecule has 0 rings (SSSR count). The molecule has 1 atom stereocenters. The van der Waals surface area contributed by atoms with Gasteiger partial charge in [0.1, 0.15) is 19.3 Å². The molecule has 1 unspecified atom stereocenters. The summed E-state index contributed by atoms with van der Waals surface area (Å²) < 4.78 is 4.86. The lowest BCUT2D eigenvalue weighted by atomic mass is 10.3. The second-order valence-corrected chi connectivity index (χ2v) is 3.50. The zero-order valence-electron chi connectivity index (χ0n) is 9.54. The van der Waals surface area contributed by atoms with Gasteiger partial charge < -0.3 is 4.74 Å². The van der Waals surface area contributed by atoms with E-state index in [-0.39, 0.29) is 12.7 Å². The second-order valence-electron chi connectivity index (χ2n) is 3.50. The van der Waals surface area contributed by atoms with E-state index in [4.69, 9.17) is 14.5 Å². The lowest BCUT2D eigenvalue weighted by Crippen LogP contribution is -2.19. The van der Waals surface area contributed by atoms with Gasteiger partial charge in [0.25, 0.3) is 0 Å². The highest BCUT2D eigenvalue weighted by molar-refractivity contribution is 5.86. The van der Waals surface area contributed by atoms with Crippen molar-refractivity contribution in [2.75, 3.05) is 13.2 Å². The van der Waals surface area contributed by atoms with Crippen molar-refractivity contribution in [2.24, 2.45) is 0 Å². The van der Waals surface area contributed by atoms with Gasteiger partial charge in [0.05, 0.1) is 0 Å². The molecule has 0 saturated carbocycles. The Balaban J connectivity index is 3.57. The van der Waals surface area contributed by atoms with Gasteiger partial charge in [-0.3, -0.25) is 0 Å². The van der Waals surface area contributed by atoms with E-state index >= 15 is 0 Å².